The molecule has 0 saturated carbocycles. The van der Waals surface area contributed by atoms with Gasteiger partial charge in [-0.1, -0.05) is 24.3 Å². The Hall–Kier alpha value is -3.48. The van der Waals surface area contributed by atoms with E-state index >= 15 is 0 Å². The lowest BCUT2D eigenvalue weighted by Crippen LogP contribution is -2.32. The Morgan fingerprint density at radius 3 is 2.56 bits per heavy atom. The minimum atomic E-state index is -0.814. The van der Waals surface area contributed by atoms with Gasteiger partial charge in [-0.05, 0) is 31.2 Å². The van der Waals surface area contributed by atoms with E-state index in [1.807, 2.05) is 0 Å². The van der Waals surface area contributed by atoms with Crippen LogP contribution in [0.15, 0.2) is 59.7 Å². The van der Waals surface area contributed by atoms with Crippen molar-refractivity contribution in [3.05, 3.63) is 70.8 Å². The average Bonchev–Trinajstić information content (AvgIpc) is 2.62. The Morgan fingerprint density at radius 2 is 1.80 bits per heavy atom. The third kappa shape index (κ3) is 3.12. The smallest absolute Gasteiger partial charge is 0.261 e. The van der Waals surface area contributed by atoms with E-state index in [0.29, 0.717) is 16.6 Å². The van der Waals surface area contributed by atoms with Gasteiger partial charge in [0.1, 0.15) is 6.04 Å². The van der Waals surface area contributed by atoms with E-state index in [-0.39, 0.29) is 11.1 Å². The van der Waals surface area contributed by atoms with Crippen LogP contribution >= 0.6 is 0 Å². The normalized spacial score (nSPS) is 11.9. The molecule has 0 saturated heterocycles. The second-order valence-corrected chi connectivity index (χ2v) is 5.55. The number of hydrogen-bond donors (Lipinski definition) is 2. The fourth-order valence-electron chi connectivity index (χ4n) is 2.53. The summed E-state index contributed by atoms with van der Waals surface area (Å²) in [5.74, 6) is -1.10. The molecule has 2 aromatic carbocycles. The van der Waals surface area contributed by atoms with Crippen LogP contribution in [-0.4, -0.2) is 21.4 Å². The summed E-state index contributed by atoms with van der Waals surface area (Å²) >= 11 is 0. The first-order valence-electron chi connectivity index (χ1n) is 7.64. The number of nitrogens with zero attached hydrogens (tertiary/aromatic N) is 2. The molecule has 0 bridgehead atoms. The minimum absolute atomic E-state index is 0.201. The monoisotopic (exact) mass is 336 g/mol. The first kappa shape index (κ1) is 16.4. The zero-order valence-corrected chi connectivity index (χ0v) is 13.5. The van der Waals surface area contributed by atoms with Crippen molar-refractivity contribution in [1.82, 2.24) is 9.55 Å². The van der Waals surface area contributed by atoms with Crippen molar-refractivity contribution < 1.29 is 9.59 Å². The topological polar surface area (TPSA) is 107 Å². The highest BCUT2D eigenvalue weighted by Gasteiger charge is 2.19. The highest BCUT2D eigenvalue weighted by molar-refractivity contribution is 6.03. The number of benzene rings is 2. The highest BCUT2D eigenvalue weighted by Crippen LogP contribution is 2.16. The van der Waals surface area contributed by atoms with Gasteiger partial charge in [0.05, 0.1) is 28.5 Å². The molecule has 25 heavy (non-hydrogen) atoms. The summed E-state index contributed by atoms with van der Waals surface area (Å²) in [6.07, 6.45) is 1.34. The fraction of sp³-hybridized carbons (Fsp3) is 0.111. The lowest BCUT2D eigenvalue weighted by molar-refractivity contribution is -0.118. The van der Waals surface area contributed by atoms with Gasteiger partial charge in [0.15, 0.2) is 0 Å². The van der Waals surface area contributed by atoms with E-state index in [1.165, 1.54) is 17.0 Å². The Morgan fingerprint density at radius 1 is 1.12 bits per heavy atom. The van der Waals surface area contributed by atoms with Crippen LogP contribution in [0.25, 0.3) is 10.9 Å². The van der Waals surface area contributed by atoms with Gasteiger partial charge in [-0.25, -0.2) is 4.98 Å². The molecule has 0 fully saturated rings. The van der Waals surface area contributed by atoms with Gasteiger partial charge in [0, 0.05) is 0 Å². The number of primary amides is 1. The van der Waals surface area contributed by atoms with Crippen LogP contribution in [-0.2, 0) is 4.79 Å². The van der Waals surface area contributed by atoms with E-state index in [4.69, 9.17) is 5.73 Å². The molecule has 2 amide bonds. The van der Waals surface area contributed by atoms with E-state index in [1.54, 1.807) is 49.4 Å². The molecule has 0 radical (unpaired) electrons. The molecule has 1 heterocycles. The predicted octanol–water partition coefficient (Wildman–Crippen LogP) is 1.70. The standard InChI is InChI=1S/C18H16N4O3/c1-11(17(24)21-15-9-5-2-6-12(15)16(19)23)22-10-20-14-8-4-3-7-13(14)18(22)25/h2-11H,1H3,(H2,19,23)(H,21,24). The lowest BCUT2D eigenvalue weighted by atomic mass is 10.1. The van der Waals surface area contributed by atoms with E-state index in [0.717, 1.165) is 0 Å². The van der Waals surface area contributed by atoms with Crippen molar-refractivity contribution in [2.75, 3.05) is 5.32 Å². The molecule has 126 valence electrons. The van der Waals surface area contributed by atoms with Gasteiger partial charge >= 0.3 is 0 Å². The maximum Gasteiger partial charge on any atom is 0.261 e. The Balaban J connectivity index is 1.93. The van der Waals surface area contributed by atoms with Crippen LogP contribution in [0.5, 0.6) is 0 Å². The van der Waals surface area contributed by atoms with Crippen LogP contribution in [0, 0.1) is 0 Å². The van der Waals surface area contributed by atoms with Gasteiger partial charge in [0.25, 0.3) is 11.5 Å². The summed E-state index contributed by atoms with van der Waals surface area (Å²) in [6.45, 7) is 1.58. The Labute approximate surface area is 143 Å². The number of carbonyl (C=O) groups excluding carboxylic acids is 2. The molecule has 1 unspecified atom stereocenters. The van der Waals surface area contributed by atoms with Crippen molar-refractivity contribution in [3.8, 4) is 0 Å². The third-order valence-corrected chi connectivity index (χ3v) is 3.94. The zero-order chi connectivity index (χ0) is 18.0. The van der Waals surface area contributed by atoms with Gasteiger partial charge in [-0.2, -0.15) is 0 Å². The number of hydrogen-bond acceptors (Lipinski definition) is 4. The summed E-state index contributed by atoms with van der Waals surface area (Å²) < 4.78 is 1.25. The first-order chi connectivity index (χ1) is 12.0. The first-order valence-corrected chi connectivity index (χ1v) is 7.64. The van der Waals surface area contributed by atoms with Crippen LogP contribution < -0.4 is 16.6 Å². The van der Waals surface area contributed by atoms with E-state index in [9.17, 15) is 14.4 Å². The number of rotatable bonds is 4. The number of nitrogens with one attached hydrogen (secondary N) is 1. The van der Waals surface area contributed by atoms with Crippen LogP contribution in [0.3, 0.4) is 0 Å². The quantitative estimate of drug-likeness (QED) is 0.756. The zero-order valence-electron chi connectivity index (χ0n) is 13.5. The molecular weight excluding hydrogens is 320 g/mol. The molecule has 0 spiro atoms. The molecule has 3 rings (SSSR count). The van der Waals surface area contributed by atoms with Crippen molar-refractivity contribution in [2.45, 2.75) is 13.0 Å². The predicted molar refractivity (Wildman–Crippen MR) is 94.3 cm³/mol. The fourth-order valence-corrected chi connectivity index (χ4v) is 2.53. The van der Waals surface area contributed by atoms with Crippen LogP contribution in [0.4, 0.5) is 5.69 Å². The summed E-state index contributed by atoms with van der Waals surface area (Å²) in [6, 6.07) is 12.5. The second kappa shape index (κ2) is 6.56. The van der Waals surface area contributed by atoms with Crippen molar-refractivity contribution in [1.29, 1.82) is 0 Å². The van der Waals surface area contributed by atoms with Crippen molar-refractivity contribution in [3.63, 3.8) is 0 Å². The molecule has 7 heteroatoms. The van der Waals surface area contributed by atoms with Gasteiger partial charge < -0.3 is 11.1 Å². The molecule has 3 aromatic rings. The average molecular weight is 336 g/mol. The maximum absolute atomic E-state index is 12.6. The number of para-hydroxylation sites is 2. The van der Waals surface area contributed by atoms with E-state index < -0.39 is 17.9 Å². The molecule has 0 aliphatic rings. The molecule has 0 aliphatic heterocycles. The molecular formula is C18H16N4O3. The molecule has 3 N–H and O–H groups in total. The van der Waals surface area contributed by atoms with Crippen molar-refractivity contribution >= 4 is 28.4 Å². The van der Waals surface area contributed by atoms with Crippen molar-refractivity contribution in [2.24, 2.45) is 5.73 Å². The van der Waals surface area contributed by atoms with Gasteiger partial charge in [-0.3, -0.25) is 19.0 Å². The number of fused-ring (bicyclic) bond motifs is 1. The van der Waals surface area contributed by atoms with Crippen LogP contribution in [0.2, 0.25) is 0 Å². The van der Waals surface area contributed by atoms with E-state index in [2.05, 4.69) is 10.3 Å². The molecule has 1 aromatic heterocycles. The molecule has 7 nitrogen and oxygen atoms in total. The highest BCUT2D eigenvalue weighted by atomic mass is 16.2. The summed E-state index contributed by atoms with van der Waals surface area (Å²) in [7, 11) is 0. The van der Waals surface area contributed by atoms with Gasteiger partial charge in [0.2, 0.25) is 5.91 Å². The third-order valence-electron chi connectivity index (χ3n) is 3.94. The summed E-state index contributed by atoms with van der Waals surface area (Å²) in [4.78, 5) is 40.8. The SMILES string of the molecule is CC(C(=O)Nc1ccccc1C(N)=O)n1cnc2ccccc2c1=O. The largest absolute Gasteiger partial charge is 0.366 e. The summed E-state index contributed by atoms with van der Waals surface area (Å²) in [5.41, 5.74) is 6.07. The Bertz CT molecular complexity index is 1030. The minimum Gasteiger partial charge on any atom is -0.366 e. The number of carbonyl (C=O) groups is 2. The maximum atomic E-state index is 12.6. The van der Waals surface area contributed by atoms with Crippen LogP contribution in [0.1, 0.15) is 23.3 Å². The van der Waals surface area contributed by atoms with Gasteiger partial charge in [-0.15, -0.1) is 0 Å². The summed E-state index contributed by atoms with van der Waals surface area (Å²) in [5, 5.41) is 3.07. The lowest BCUT2D eigenvalue weighted by Gasteiger charge is -2.16. The Kier molecular flexibility index (Phi) is 4.30. The molecule has 0 aliphatic carbocycles. The molecule has 1 atom stereocenters. The number of aromatic nitrogens is 2. The second-order valence-electron chi connectivity index (χ2n) is 5.55. The number of amides is 2. The number of anilines is 1. The number of nitrogens with two attached hydrogens (primary N) is 1.